The molecule has 0 saturated heterocycles. The fourth-order valence-corrected chi connectivity index (χ4v) is 2.27. The first-order valence-corrected chi connectivity index (χ1v) is 7.15. The van der Waals surface area contributed by atoms with Crippen LogP contribution in [0.2, 0.25) is 0 Å². The molecule has 1 aliphatic carbocycles. The molecular formula is C15H26O3. The van der Waals surface area contributed by atoms with E-state index < -0.39 is 0 Å². The van der Waals surface area contributed by atoms with Crippen LogP contribution >= 0.6 is 0 Å². The smallest absolute Gasteiger partial charge is 0.333 e. The number of rotatable bonds is 2. The molecule has 0 heterocycles. The third-order valence-corrected chi connectivity index (χ3v) is 3.66. The van der Waals surface area contributed by atoms with E-state index in [1.165, 1.54) is 0 Å². The van der Waals surface area contributed by atoms with Crippen LogP contribution in [-0.4, -0.2) is 23.3 Å². The van der Waals surface area contributed by atoms with Crippen molar-refractivity contribution in [3.63, 3.8) is 0 Å². The molecule has 18 heavy (non-hydrogen) atoms. The summed E-state index contributed by atoms with van der Waals surface area (Å²) in [6, 6.07) is 0. The fourth-order valence-electron chi connectivity index (χ4n) is 2.27. The summed E-state index contributed by atoms with van der Waals surface area (Å²) in [6.07, 6.45) is 9.45. The normalized spacial score (nSPS) is 27.6. The van der Waals surface area contributed by atoms with Crippen LogP contribution in [0, 0.1) is 0 Å². The van der Waals surface area contributed by atoms with E-state index in [-0.39, 0.29) is 18.2 Å². The van der Waals surface area contributed by atoms with E-state index >= 15 is 0 Å². The molecule has 1 rings (SSSR count). The summed E-state index contributed by atoms with van der Waals surface area (Å²) in [4.78, 5) is 11.7. The topological polar surface area (TPSA) is 46.5 Å². The Morgan fingerprint density at radius 2 is 1.61 bits per heavy atom. The average Bonchev–Trinajstić information content (AvgIpc) is 2.38. The van der Waals surface area contributed by atoms with Gasteiger partial charge < -0.3 is 9.84 Å². The summed E-state index contributed by atoms with van der Waals surface area (Å²) in [7, 11) is 0. The van der Waals surface area contributed by atoms with Crippen LogP contribution in [0.1, 0.15) is 65.2 Å². The predicted octanol–water partition coefficient (Wildman–Crippen LogP) is 3.36. The first kappa shape index (κ1) is 15.2. The van der Waals surface area contributed by atoms with Crippen LogP contribution in [0.4, 0.5) is 0 Å². The number of carbonyl (C=O) groups excluding carboxylic acids is 1. The number of aliphatic hydroxyl groups excluding tert-OH is 1. The molecule has 3 nitrogen and oxygen atoms in total. The minimum absolute atomic E-state index is 0.0580. The molecule has 3 heteroatoms. The van der Waals surface area contributed by atoms with Gasteiger partial charge in [0.05, 0.1) is 6.10 Å². The first-order chi connectivity index (χ1) is 8.63. The average molecular weight is 254 g/mol. The molecule has 0 spiro atoms. The molecule has 104 valence electrons. The SMILES string of the molecule is CC=C(C)C(=O)OC1CCCCC(O)CCCC1. The summed E-state index contributed by atoms with van der Waals surface area (Å²) in [5.74, 6) is -0.181. The molecule has 0 radical (unpaired) electrons. The summed E-state index contributed by atoms with van der Waals surface area (Å²) in [6.45, 7) is 3.64. The van der Waals surface area contributed by atoms with Gasteiger partial charge in [0.25, 0.3) is 0 Å². The van der Waals surface area contributed by atoms with Crippen molar-refractivity contribution in [3.05, 3.63) is 11.6 Å². The van der Waals surface area contributed by atoms with Gasteiger partial charge in [0.15, 0.2) is 0 Å². The maximum atomic E-state index is 11.7. The van der Waals surface area contributed by atoms with Gasteiger partial charge in [-0.1, -0.05) is 18.9 Å². The predicted molar refractivity (Wildman–Crippen MR) is 72.3 cm³/mol. The van der Waals surface area contributed by atoms with Gasteiger partial charge in [-0.05, 0) is 52.4 Å². The van der Waals surface area contributed by atoms with Gasteiger partial charge in [0, 0.05) is 5.57 Å². The molecule has 0 aromatic carbocycles. The quantitative estimate of drug-likeness (QED) is 0.607. The Balaban J connectivity index is 2.41. The Hall–Kier alpha value is -0.830. The van der Waals surface area contributed by atoms with E-state index in [2.05, 4.69) is 0 Å². The molecular weight excluding hydrogens is 228 g/mol. The van der Waals surface area contributed by atoms with E-state index in [4.69, 9.17) is 4.74 Å². The monoisotopic (exact) mass is 254 g/mol. The Labute approximate surface area is 110 Å². The second-order valence-electron chi connectivity index (χ2n) is 5.22. The van der Waals surface area contributed by atoms with Gasteiger partial charge >= 0.3 is 5.97 Å². The van der Waals surface area contributed by atoms with E-state index in [0.717, 1.165) is 51.4 Å². The zero-order valence-electron chi connectivity index (χ0n) is 11.7. The van der Waals surface area contributed by atoms with E-state index in [1.807, 2.05) is 6.92 Å². The number of ether oxygens (including phenoxy) is 1. The lowest BCUT2D eigenvalue weighted by molar-refractivity contribution is -0.145. The molecule has 1 fully saturated rings. The largest absolute Gasteiger partial charge is 0.459 e. The molecule has 0 unspecified atom stereocenters. The number of allylic oxidation sites excluding steroid dienone is 1. The van der Waals surface area contributed by atoms with Gasteiger partial charge in [-0.15, -0.1) is 0 Å². The molecule has 1 aliphatic rings. The van der Waals surface area contributed by atoms with Gasteiger partial charge in [0.1, 0.15) is 6.10 Å². The number of hydrogen-bond acceptors (Lipinski definition) is 3. The third kappa shape index (κ3) is 5.67. The Morgan fingerprint density at radius 1 is 1.11 bits per heavy atom. The molecule has 0 aliphatic heterocycles. The summed E-state index contributed by atoms with van der Waals surface area (Å²) in [5, 5.41) is 9.65. The first-order valence-electron chi connectivity index (χ1n) is 7.15. The number of esters is 1. The second kappa shape index (κ2) is 8.30. The molecule has 0 atom stereocenters. The Morgan fingerprint density at radius 3 is 2.11 bits per heavy atom. The lowest BCUT2D eigenvalue weighted by atomic mass is 9.97. The van der Waals surface area contributed by atoms with E-state index in [9.17, 15) is 9.90 Å². The van der Waals surface area contributed by atoms with Crippen molar-refractivity contribution < 1.29 is 14.6 Å². The highest BCUT2D eigenvalue weighted by Crippen LogP contribution is 2.20. The maximum absolute atomic E-state index is 11.7. The number of aliphatic hydroxyl groups is 1. The lowest BCUT2D eigenvalue weighted by Gasteiger charge is -2.20. The van der Waals surface area contributed by atoms with Crippen LogP contribution in [0.5, 0.6) is 0 Å². The summed E-state index contributed by atoms with van der Waals surface area (Å²) in [5.41, 5.74) is 0.683. The van der Waals surface area contributed by atoms with E-state index in [0.29, 0.717) is 5.57 Å². The van der Waals surface area contributed by atoms with Crippen LogP contribution < -0.4 is 0 Å². The molecule has 1 saturated carbocycles. The molecule has 0 amide bonds. The molecule has 0 aromatic rings. The van der Waals surface area contributed by atoms with Gasteiger partial charge in [-0.25, -0.2) is 4.79 Å². The van der Waals surface area contributed by atoms with Crippen LogP contribution in [0.15, 0.2) is 11.6 Å². The minimum Gasteiger partial charge on any atom is -0.459 e. The van der Waals surface area contributed by atoms with E-state index in [1.54, 1.807) is 13.0 Å². The van der Waals surface area contributed by atoms with Crippen molar-refractivity contribution in [2.75, 3.05) is 0 Å². The highest BCUT2D eigenvalue weighted by molar-refractivity contribution is 5.87. The lowest BCUT2D eigenvalue weighted by Crippen LogP contribution is -2.20. The van der Waals surface area contributed by atoms with Crippen LogP contribution in [0.3, 0.4) is 0 Å². The van der Waals surface area contributed by atoms with Crippen molar-refractivity contribution in [1.29, 1.82) is 0 Å². The third-order valence-electron chi connectivity index (χ3n) is 3.66. The maximum Gasteiger partial charge on any atom is 0.333 e. The molecule has 0 bridgehead atoms. The Kier molecular flexibility index (Phi) is 7.02. The van der Waals surface area contributed by atoms with Crippen molar-refractivity contribution in [2.45, 2.75) is 77.4 Å². The second-order valence-corrected chi connectivity index (χ2v) is 5.22. The van der Waals surface area contributed by atoms with Crippen LogP contribution in [0.25, 0.3) is 0 Å². The zero-order chi connectivity index (χ0) is 13.4. The molecule has 0 aromatic heterocycles. The van der Waals surface area contributed by atoms with Gasteiger partial charge in [-0.2, -0.15) is 0 Å². The van der Waals surface area contributed by atoms with Crippen LogP contribution in [-0.2, 0) is 9.53 Å². The highest BCUT2D eigenvalue weighted by atomic mass is 16.5. The zero-order valence-corrected chi connectivity index (χ0v) is 11.7. The minimum atomic E-state index is -0.181. The summed E-state index contributed by atoms with van der Waals surface area (Å²) >= 11 is 0. The van der Waals surface area contributed by atoms with Crippen molar-refractivity contribution in [2.24, 2.45) is 0 Å². The summed E-state index contributed by atoms with van der Waals surface area (Å²) < 4.78 is 5.53. The standard InChI is InChI=1S/C15H26O3/c1-3-12(2)15(17)18-14-10-6-4-8-13(16)9-5-7-11-14/h3,13-14,16H,4-11H2,1-2H3. The fraction of sp³-hybridized carbons (Fsp3) is 0.800. The highest BCUT2D eigenvalue weighted by Gasteiger charge is 2.17. The number of carbonyl (C=O) groups is 1. The van der Waals surface area contributed by atoms with Gasteiger partial charge in [-0.3, -0.25) is 0 Å². The van der Waals surface area contributed by atoms with Crippen molar-refractivity contribution in [3.8, 4) is 0 Å². The molecule has 1 N–H and O–H groups in total. The number of hydrogen-bond donors (Lipinski definition) is 1. The Bertz CT molecular complexity index is 271. The van der Waals surface area contributed by atoms with Crippen molar-refractivity contribution in [1.82, 2.24) is 0 Å². The van der Waals surface area contributed by atoms with Gasteiger partial charge in [0.2, 0.25) is 0 Å². The van der Waals surface area contributed by atoms with Crippen molar-refractivity contribution >= 4 is 5.97 Å².